The summed E-state index contributed by atoms with van der Waals surface area (Å²) in [6.45, 7) is 17.0. The van der Waals surface area contributed by atoms with E-state index in [0.29, 0.717) is 12.8 Å². The van der Waals surface area contributed by atoms with Crippen LogP contribution >= 0.6 is 11.3 Å². The van der Waals surface area contributed by atoms with Gasteiger partial charge in [-0.2, -0.15) is 0 Å². The molecule has 2 aromatic rings. The van der Waals surface area contributed by atoms with Gasteiger partial charge in [0.15, 0.2) is 0 Å². The number of β-amino-alcohol motifs (C(OH)–C–C–N with tert-alkyl or cyclic N) is 1. The van der Waals surface area contributed by atoms with Crippen molar-refractivity contribution in [2.75, 3.05) is 6.54 Å². The van der Waals surface area contributed by atoms with E-state index in [4.69, 9.17) is 6.57 Å². The Morgan fingerprint density at radius 2 is 1.97 bits per heavy atom. The standard InChI is InChI=1S/C29H37N5O4S/c1-7-19-12-20(25-18(5)31-15-39-25)8-9-22(19)17(4)32-26(36)23-13-21(35)14-34(23)27(37)24(16(2)3)33-28(38)29(30-6)10-11-29/h8-9,12,15-17,21,23-24,35H,7,10-11,13-14H2,1-5H3,(H,32,36)(H,33,38)/t17-,21+,23-,24-/m0/s1. The Morgan fingerprint density at radius 1 is 1.26 bits per heavy atom. The largest absolute Gasteiger partial charge is 0.391 e. The molecule has 9 nitrogen and oxygen atoms in total. The van der Waals surface area contributed by atoms with Crippen molar-refractivity contribution in [2.24, 2.45) is 5.92 Å². The Labute approximate surface area is 233 Å². The molecule has 0 bridgehead atoms. The van der Waals surface area contributed by atoms with Crippen LogP contribution in [0, 0.1) is 19.4 Å². The Morgan fingerprint density at radius 3 is 2.54 bits per heavy atom. The molecule has 208 valence electrons. The minimum absolute atomic E-state index is 0.0153. The van der Waals surface area contributed by atoms with E-state index in [0.717, 1.165) is 33.7 Å². The van der Waals surface area contributed by atoms with Gasteiger partial charge in [-0.25, -0.2) is 11.6 Å². The van der Waals surface area contributed by atoms with Gasteiger partial charge in [0.05, 0.1) is 28.2 Å². The van der Waals surface area contributed by atoms with Gasteiger partial charge in [-0.3, -0.25) is 19.2 Å². The molecule has 4 atom stereocenters. The summed E-state index contributed by atoms with van der Waals surface area (Å²) in [5.41, 5.74) is 4.95. The van der Waals surface area contributed by atoms with Gasteiger partial charge < -0.3 is 20.6 Å². The molecule has 0 unspecified atom stereocenters. The molecule has 1 aromatic carbocycles. The summed E-state index contributed by atoms with van der Waals surface area (Å²) >= 11 is 1.60. The third kappa shape index (κ3) is 5.85. The first-order valence-corrected chi connectivity index (χ1v) is 14.4. The van der Waals surface area contributed by atoms with Crippen LogP contribution in [0.3, 0.4) is 0 Å². The van der Waals surface area contributed by atoms with Gasteiger partial charge in [0, 0.05) is 25.8 Å². The number of aryl methyl sites for hydroxylation is 2. The van der Waals surface area contributed by atoms with Crippen molar-refractivity contribution in [3.63, 3.8) is 0 Å². The molecule has 0 radical (unpaired) electrons. The van der Waals surface area contributed by atoms with Crippen molar-refractivity contribution in [2.45, 2.75) is 90.1 Å². The smallest absolute Gasteiger partial charge is 0.309 e. The van der Waals surface area contributed by atoms with E-state index in [1.54, 1.807) is 11.3 Å². The maximum Gasteiger partial charge on any atom is 0.309 e. The normalized spacial score (nSPS) is 21.2. The second kappa shape index (κ2) is 11.4. The highest BCUT2D eigenvalue weighted by Crippen LogP contribution is 2.40. The summed E-state index contributed by atoms with van der Waals surface area (Å²) in [5, 5.41) is 16.2. The third-order valence-electron chi connectivity index (χ3n) is 7.80. The number of hydrogen-bond acceptors (Lipinski definition) is 6. The van der Waals surface area contributed by atoms with E-state index >= 15 is 0 Å². The summed E-state index contributed by atoms with van der Waals surface area (Å²) in [4.78, 5) is 50.1. The molecule has 2 fully saturated rings. The van der Waals surface area contributed by atoms with E-state index in [9.17, 15) is 19.5 Å². The molecule has 3 amide bonds. The third-order valence-corrected chi connectivity index (χ3v) is 8.78. The van der Waals surface area contributed by atoms with Gasteiger partial charge >= 0.3 is 11.4 Å². The predicted octanol–water partition coefficient (Wildman–Crippen LogP) is 3.41. The minimum atomic E-state index is -1.07. The summed E-state index contributed by atoms with van der Waals surface area (Å²) in [6.07, 6.45) is 1.04. The Kier molecular flexibility index (Phi) is 8.42. The van der Waals surface area contributed by atoms with Crippen LogP contribution in [0.15, 0.2) is 23.7 Å². The van der Waals surface area contributed by atoms with Crippen molar-refractivity contribution in [1.29, 1.82) is 0 Å². The van der Waals surface area contributed by atoms with Crippen molar-refractivity contribution < 1.29 is 19.5 Å². The second-order valence-corrected chi connectivity index (χ2v) is 11.9. The van der Waals surface area contributed by atoms with Crippen LogP contribution in [0.2, 0.25) is 0 Å². The fourth-order valence-electron chi connectivity index (χ4n) is 5.22. The first kappa shape index (κ1) is 28.7. The lowest BCUT2D eigenvalue weighted by atomic mass is 9.96. The summed E-state index contributed by atoms with van der Waals surface area (Å²) in [5.74, 6) is -1.45. The second-order valence-electron chi connectivity index (χ2n) is 11.0. The number of thiazole rings is 1. The van der Waals surface area contributed by atoms with Crippen LogP contribution in [-0.4, -0.2) is 63.0 Å². The maximum absolute atomic E-state index is 13.6. The quantitative estimate of drug-likeness (QED) is 0.413. The number of aliphatic hydroxyl groups is 1. The van der Waals surface area contributed by atoms with Gasteiger partial charge in [-0.1, -0.05) is 32.9 Å². The lowest BCUT2D eigenvalue weighted by Crippen LogP contribution is -2.56. The summed E-state index contributed by atoms with van der Waals surface area (Å²) in [7, 11) is 0. The average molecular weight is 552 g/mol. The number of hydrogen-bond donors (Lipinski definition) is 3. The van der Waals surface area contributed by atoms with Crippen molar-refractivity contribution >= 4 is 29.1 Å². The number of likely N-dealkylation sites (tertiary alicyclic amines) is 1. The van der Waals surface area contributed by atoms with Crippen LogP contribution in [0.4, 0.5) is 0 Å². The number of amides is 3. The highest BCUT2D eigenvalue weighted by atomic mass is 32.1. The number of nitrogens with zero attached hydrogens (tertiary/aromatic N) is 3. The first-order valence-electron chi connectivity index (χ1n) is 13.5. The summed E-state index contributed by atoms with van der Waals surface area (Å²) < 4.78 is 0. The monoisotopic (exact) mass is 551 g/mol. The van der Waals surface area contributed by atoms with Gasteiger partial charge in [0.25, 0.3) is 0 Å². The van der Waals surface area contributed by atoms with Gasteiger partial charge in [-0.15, -0.1) is 11.3 Å². The molecular formula is C29H37N5O4S. The highest BCUT2D eigenvalue weighted by Gasteiger charge is 2.59. The molecule has 4 rings (SSSR count). The Hall–Kier alpha value is -3.29. The first-order chi connectivity index (χ1) is 18.5. The highest BCUT2D eigenvalue weighted by molar-refractivity contribution is 7.13. The number of carbonyl (C=O) groups excluding carboxylic acids is 3. The minimum Gasteiger partial charge on any atom is -0.391 e. The van der Waals surface area contributed by atoms with Crippen LogP contribution in [0.1, 0.15) is 69.8 Å². The molecule has 3 N–H and O–H groups in total. The molecule has 10 heteroatoms. The lowest BCUT2D eigenvalue weighted by Gasteiger charge is -2.31. The number of aromatic nitrogens is 1. The fraction of sp³-hybridized carbons (Fsp3) is 0.552. The Balaban J connectivity index is 1.49. The Bertz CT molecular complexity index is 1290. The van der Waals surface area contributed by atoms with E-state index in [1.807, 2.05) is 45.3 Å². The van der Waals surface area contributed by atoms with Crippen LogP contribution in [0.25, 0.3) is 15.3 Å². The molecule has 39 heavy (non-hydrogen) atoms. The number of carbonyl (C=O) groups is 3. The maximum atomic E-state index is 13.6. The lowest BCUT2D eigenvalue weighted by molar-refractivity contribution is -0.142. The average Bonchev–Trinajstić information content (AvgIpc) is 3.45. The molecule has 1 aliphatic carbocycles. The number of aliphatic hydroxyl groups excluding tert-OH is 1. The van der Waals surface area contributed by atoms with Crippen molar-refractivity contribution in [1.82, 2.24) is 20.5 Å². The molecule has 1 aliphatic heterocycles. The topological polar surface area (TPSA) is 116 Å². The predicted molar refractivity (Wildman–Crippen MR) is 150 cm³/mol. The van der Waals surface area contributed by atoms with Gasteiger partial charge in [0.1, 0.15) is 12.1 Å². The van der Waals surface area contributed by atoms with E-state index in [1.165, 1.54) is 4.90 Å². The molecule has 2 heterocycles. The SMILES string of the molecule is [C-]#[N+]C1(C(=O)N[C@H](C(=O)N2C[C@H](O)C[C@H]2C(=O)N[C@@H](C)c2ccc(-c3scnc3C)cc2CC)C(C)C)CC1. The molecular weight excluding hydrogens is 514 g/mol. The number of rotatable bonds is 9. The van der Waals surface area contributed by atoms with E-state index in [2.05, 4.69) is 33.5 Å². The number of nitrogens with one attached hydrogen (secondary N) is 2. The van der Waals surface area contributed by atoms with Crippen LogP contribution in [0.5, 0.6) is 0 Å². The van der Waals surface area contributed by atoms with E-state index in [-0.39, 0.29) is 30.8 Å². The zero-order valence-electron chi connectivity index (χ0n) is 23.2. The van der Waals surface area contributed by atoms with Crippen molar-refractivity contribution in [3.05, 3.63) is 51.9 Å². The van der Waals surface area contributed by atoms with Gasteiger partial charge in [-0.05, 0) is 48.9 Å². The van der Waals surface area contributed by atoms with Crippen LogP contribution < -0.4 is 10.6 Å². The fourth-order valence-corrected chi connectivity index (χ4v) is 6.03. The molecule has 2 aliphatic rings. The van der Waals surface area contributed by atoms with Crippen molar-refractivity contribution in [3.8, 4) is 10.4 Å². The van der Waals surface area contributed by atoms with E-state index < -0.39 is 35.5 Å². The van der Waals surface area contributed by atoms with Crippen LogP contribution in [-0.2, 0) is 20.8 Å². The summed E-state index contributed by atoms with van der Waals surface area (Å²) in [6, 6.07) is 4.16. The van der Waals surface area contributed by atoms with Gasteiger partial charge in [0.2, 0.25) is 11.8 Å². The zero-order chi connectivity index (χ0) is 28.5. The number of benzene rings is 1. The molecule has 1 aromatic heterocycles. The molecule has 1 saturated carbocycles. The molecule has 1 saturated heterocycles. The zero-order valence-corrected chi connectivity index (χ0v) is 24.0. The molecule has 0 spiro atoms.